The Morgan fingerprint density at radius 2 is 2.15 bits per heavy atom. The molecule has 0 saturated carbocycles. The Balaban J connectivity index is 1.52. The summed E-state index contributed by atoms with van der Waals surface area (Å²) in [5.74, 6) is 0.607. The number of aromatic nitrogens is 2. The van der Waals surface area contributed by atoms with E-state index < -0.39 is 0 Å². The van der Waals surface area contributed by atoms with Gasteiger partial charge in [0.2, 0.25) is 0 Å². The summed E-state index contributed by atoms with van der Waals surface area (Å²) in [7, 11) is 3.92. The van der Waals surface area contributed by atoms with Gasteiger partial charge in [0.25, 0.3) is 5.91 Å². The highest BCUT2D eigenvalue weighted by atomic mass is 32.2. The number of amides is 1. The third kappa shape index (κ3) is 5.55. The number of hydrogen-bond acceptors (Lipinski definition) is 8. The molecule has 1 unspecified atom stereocenters. The first-order valence-corrected chi connectivity index (χ1v) is 13.0. The van der Waals surface area contributed by atoms with Crippen LogP contribution in [0.25, 0.3) is 0 Å². The van der Waals surface area contributed by atoms with E-state index in [9.17, 15) is 4.79 Å². The van der Waals surface area contributed by atoms with Gasteiger partial charge < -0.3 is 19.9 Å². The van der Waals surface area contributed by atoms with Crippen molar-refractivity contribution < 1.29 is 9.53 Å². The minimum atomic E-state index is -0.0782. The summed E-state index contributed by atoms with van der Waals surface area (Å²) < 4.78 is 6.30. The number of ether oxygens (including phenoxy) is 1. The molecule has 7 nitrogen and oxygen atoms in total. The van der Waals surface area contributed by atoms with Crippen LogP contribution in [0.15, 0.2) is 53.1 Å². The Morgan fingerprint density at radius 3 is 2.91 bits per heavy atom. The number of carbonyl (C=O) groups excluding carboxylic acids is 1. The topological polar surface area (TPSA) is 70.6 Å². The monoisotopic (exact) mass is 483 g/mol. The zero-order chi connectivity index (χ0) is 23.2. The first-order chi connectivity index (χ1) is 16.1. The van der Waals surface area contributed by atoms with Gasteiger partial charge in [-0.1, -0.05) is 30.0 Å². The minimum absolute atomic E-state index is 0.0456. The number of fused-ring (bicyclic) bond motifs is 1. The zero-order valence-electron chi connectivity index (χ0n) is 19.2. The van der Waals surface area contributed by atoms with E-state index in [1.54, 1.807) is 17.5 Å². The van der Waals surface area contributed by atoms with Crippen molar-refractivity contribution in [1.82, 2.24) is 15.3 Å². The van der Waals surface area contributed by atoms with Crippen LogP contribution >= 0.6 is 23.1 Å². The molecule has 0 saturated heterocycles. The first kappa shape index (κ1) is 23.7. The molecule has 0 radical (unpaired) electrons. The van der Waals surface area contributed by atoms with Gasteiger partial charge in [0.1, 0.15) is 11.4 Å². The van der Waals surface area contributed by atoms with Gasteiger partial charge in [-0.2, -0.15) is 0 Å². The lowest BCUT2D eigenvalue weighted by Crippen LogP contribution is -2.33. The van der Waals surface area contributed by atoms with Gasteiger partial charge in [-0.3, -0.25) is 4.79 Å². The van der Waals surface area contributed by atoms with Crippen molar-refractivity contribution in [1.29, 1.82) is 0 Å². The molecule has 3 heterocycles. The number of benzene rings is 1. The molecule has 174 valence electrons. The van der Waals surface area contributed by atoms with Crippen LogP contribution in [0.5, 0.6) is 0 Å². The average molecular weight is 484 g/mol. The van der Waals surface area contributed by atoms with E-state index in [0.29, 0.717) is 36.2 Å². The van der Waals surface area contributed by atoms with Crippen LogP contribution in [0.2, 0.25) is 0 Å². The van der Waals surface area contributed by atoms with Crippen molar-refractivity contribution in [3.8, 4) is 0 Å². The molecule has 33 heavy (non-hydrogen) atoms. The van der Waals surface area contributed by atoms with Gasteiger partial charge >= 0.3 is 0 Å². The first-order valence-electron chi connectivity index (χ1n) is 10.9. The summed E-state index contributed by atoms with van der Waals surface area (Å²) in [4.78, 5) is 27.4. The summed E-state index contributed by atoms with van der Waals surface area (Å²) >= 11 is 3.19. The molecule has 0 spiro atoms. The Kier molecular flexibility index (Phi) is 7.97. The van der Waals surface area contributed by atoms with Gasteiger partial charge in [0.05, 0.1) is 12.7 Å². The van der Waals surface area contributed by atoms with Crippen molar-refractivity contribution in [3.05, 3.63) is 64.0 Å². The summed E-state index contributed by atoms with van der Waals surface area (Å²) in [5, 5.41) is 5.95. The van der Waals surface area contributed by atoms with E-state index in [-0.39, 0.29) is 12.0 Å². The molecular weight excluding hydrogens is 454 g/mol. The number of nitrogens with one attached hydrogen (secondary N) is 1. The predicted octanol–water partition coefficient (Wildman–Crippen LogP) is 4.22. The summed E-state index contributed by atoms with van der Waals surface area (Å²) in [5.41, 5.74) is 2.43. The van der Waals surface area contributed by atoms with Gasteiger partial charge in [0.15, 0.2) is 5.16 Å². The van der Waals surface area contributed by atoms with Crippen molar-refractivity contribution in [2.75, 3.05) is 49.8 Å². The third-order valence-electron chi connectivity index (χ3n) is 5.62. The average Bonchev–Trinajstić information content (AvgIpc) is 3.35. The fourth-order valence-electron chi connectivity index (χ4n) is 3.82. The second-order valence-corrected chi connectivity index (χ2v) is 9.60. The predicted molar refractivity (Wildman–Crippen MR) is 136 cm³/mol. The van der Waals surface area contributed by atoms with Crippen LogP contribution in [0.4, 0.5) is 11.5 Å². The smallest absolute Gasteiger partial charge is 0.263 e. The van der Waals surface area contributed by atoms with E-state index in [4.69, 9.17) is 4.74 Å². The van der Waals surface area contributed by atoms with Crippen LogP contribution in [-0.2, 0) is 11.3 Å². The lowest BCUT2D eigenvalue weighted by molar-refractivity contribution is 0.0367. The highest BCUT2D eigenvalue weighted by Crippen LogP contribution is 2.29. The van der Waals surface area contributed by atoms with Crippen molar-refractivity contribution in [2.45, 2.75) is 24.3 Å². The highest BCUT2D eigenvalue weighted by molar-refractivity contribution is 7.98. The largest absolute Gasteiger partial charge is 0.368 e. The Morgan fingerprint density at radius 1 is 1.27 bits per heavy atom. The van der Waals surface area contributed by atoms with Crippen molar-refractivity contribution in [2.24, 2.45) is 0 Å². The number of rotatable bonds is 9. The maximum absolute atomic E-state index is 13.4. The molecule has 1 amide bonds. The van der Waals surface area contributed by atoms with Crippen molar-refractivity contribution in [3.63, 3.8) is 0 Å². The molecule has 1 N–H and O–H groups in total. The quantitative estimate of drug-likeness (QED) is 0.361. The van der Waals surface area contributed by atoms with E-state index in [0.717, 1.165) is 24.2 Å². The van der Waals surface area contributed by atoms with Crippen LogP contribution in [0.1, 0.15) is 33.3 Å². The maximum atomic E-state index is 13.4. The Bertz CT molecular complexity index is 1080. The molecule has 0 aliphatic carbocycles. The van der Waals surface area contributed by atoms with Crippen LogP contribution in [-0.4, -0.2) is 55.9 Å². The van der Waals surface area contributed by atoms with Crippen LogP contribution < -0.4 is 15.1 Å². The lowest BCUT2D eigenvalue weighted by atomic mass is 10.1. The summed E-state index contributed by atoms with van der Waals surface area (Å²) in [6, 6.07) is 12.2. The van der Waals surface area contributed by atoms with Crippen molar-refractivity contribution >= 4 is 40.5 Å². The Labute approximate surface area is 203 Å². The van der Waals surface area contributed by atoms with E-state index >= 15 is 0 Å². The molecule has 0 fully saturated rings. The number of nitrogens with zero attached hydrogens (tertiary/aromatic N) is 4. The number of thioether (sulfide) groups is 1. The number of thiophene rings is 1. The van der Waals surface area contributed by atoms with Crippen LogP contribution in [0.3, 0.4) is 0 Å². The van der Waals surface area contributed by atoms with Gasteiger partial charge in [-0.15, -0.1) is 11.3 Å². The second kappa shape index (κ2) is 11.1. The molecule has 1 aliphatic heterocycles. The molecule has 3 aromatic rings. The van der Waals surface area contributed by atoms with Gasteiger partial charge in [0, 0.05) is 36.9 Å². The lowest BCUT2D eigenvalue weighted by Gasteiger charge is -2.22. The van der Waals surface area contributed by atoms with E-state index in [1.165, 1.54) is 16.6 Å². The summed E-state index contributed by atoms with van der Waals surface area (Å²) in [6.45, 7) is 2.64. The van der Waals surface area contributed by atoms with E-state index in [1.807, 2.05) is 54.4 Å². The normalized spacial score (nSPS) is 14.8. The molecule has 9 heteroatoms. The summed E-state index contributed by atoms with van der Waals surface area (Å²) in [6.07, 6.45) is 4.53. The fraction of sp³-hybridized carbons (Fsp3) is 0.375. The Hall–Kier alpha value is -2.46. The SMILES string of the molecule is CNCCC(OCc1cccc(N2CCN(C)c3nc(SC)ncc3C2=O)c1)c1cccs1. The number of likely N-dealkylation sites (N-methyl/N-ethyl adjacent to an activating group) is 1. The number of anilines is 2. The van der Waals surface area contributed by atoms with E-state index in [2.05, 4.69) is 32.8 Å². The molecule has 1 aliphatic rings. The molecule has 4 rings (SSSR count). The van der Waals surface area contributed by atoms with Crippen LogP contribution in [0, 0.1) is 0 Å². The fourth-order valence-corrected chi connectivity index (χ4v) is 4.96. The molecule has 1 aromatic carbocycles. The molecule has 1 atom stereocenters. The minimum Gasteiger partial charge on any atom is -0.368 e. The molecule has 2 aromatic heterocycles. The standard InChI is InChI=1S/C24H29N5O2S2/c1-25-10-9-20(21-8-5-13-33-21)31-16-17-6-4-7-18(14-17)29-12-11-28(2)22-19(23(29)30)15-26-24(27-22)32-3/h4-8,13-15,20,25H,9-12,16H2,1-3H3. The molecule has 0 bridgehead atoms. The zero-order valence-corrected chi connectivity index (χ0v) is 20.8. The highest BCUT2D eigenvalue weighted by Gasteiger charge is 2.28. The van der Waals surface area contributed by atoms with Gasteiger partial charge in [-0.25, -0.2) is 9.97 Å². The molecular formula is C24H29N5O2S2. The number of hydrogen-bond donors (Lipinski definition) is 1. The maximum Gasteiger partial charge on any atom is 0.263 e. The van der Waals surface area contributed by atoms with Gasteiger partial charge in [-0.05, 0) is 55.4 Å². The second-order valence-electron chi connectivity index (χ2n) is 7.85. The number of carbonyl (C=O) groups is 1. The third-order valence-corrected chi connectivity index (χ3v) is 7.14.